The van der Waals surface area contributed by atoms with Gasteiger partial charge in [0.2, 0.25) is 5.91 Å². The van der Waals surface area contributed by atoms with Crippen LogP contribution in [0.25, 0.3) is 11.0 Å². The summed E-state index contributed by atoms with van der Waals surface area (Å²) in [5.74, 6) is 0.959. The number of hydrogen-bond acceptors (Lipinski definition) is 5. The Morgan fingerprint density at radius 3 is 2.48 bits per heavy atom. The molecule has 6 nitrogen and oxygen atoms in total. The van der Waals surface area contributed by atoms with Crippen molar-refractivity contribution in [2.45, 2.75) is 18.9 Å². The largest absolute Gasteiger partial charge is 0.353 e. The van der Waals surface area contributed by atoms with Crippen LogP contribution in [0.3, 0.4) is 0 Å². The molecule has 132 valence electrons. The van der Waals surface area contributed by atoms with E-state index in [1.165, 1.54) is 0 Å². The molecule has 1 saturated carbocycles. The van der Waals surface area contributed by atoms with Crippen molar-refractivity contribution in [1.29, 1.82) is 0 Å². The van der Waals surface area contributed by atoms with E-state index in [0.29, 0.717) is 22.6 Å². The number of nitrogens with zero attached hydrogens (tertiary/aromatic N) is 4. The SMILES string of the molecule is O=C(CN1CCN(c2cnc3cc(Cl)c(Cl)cc3n2)CC1)NC1CC1. The Balaban J connectivity index is 1.39. The fourth-order valence-corrected chi connectivity index (χ4v) is 3.31. The Labute approximate surface area is 156 Å². The average Bonchev–Trinajstić information content (AvgIpc) is 3.40. The number of nitrogens with one attached hydrogen (secondary N) is 1. The van der Waals surface area contributed by atoms with Crippen LogP contribution in [0.2, 0.25) is 10.0 Å². The van der Waals surface area contributed by atoms with Crippen LogP contribution in [0.15, 0.2) is 18.3 Å². The Morgan fingerprint density at radius 2 is 1.80 bits per heavy atom. The second kappa shape index (κ2) is 6.94. The third-order valence-corrected chi connectivity index (χ3v) is 5.30. The van der Waals surface area contributed by atoms with Gasteiger partial charge in [-0.15, -0.1) is 0 Å². The standard InChI is InChI=1S/C17H19Cl2N5O/c18-12-7-14-15(8-13(12)19)22-16(9-20-14)24-5-3-23(4-6-24)10-17(25)21-11-1-2-11/h7-9,11H,1-6,10H2,(H,21,25). The lowest BCUT2D eigenvalue weighted by Gasteiger charge is -2.34. The van der Waals surface area contributed by atoms with Gasteiger partial charge in [0.15, 0.2) is 0 Å². The minimum atomic E-state index is 0.132. The van der Waals surface area contributed by atoms with E-state index in [1.807, 2.05) is 0 Å². The molecule has 0 unspecified atom stereocenters. The van der Waals surface area contributed by atoms with Gasteiger partial charge in [0.1, 0.15) is 5.82 Å². The van der Waals surface area contributed by atoms with E-state index in [1.54, 1.807) is 18.3 Å². The summed E-state index contributed by atoms with van der Waals surface area (Å²) in [5.41, 5.74) is 1.46. The first kappa shape index (κ1) is 16.8. The van der Waals surface area contributed by atoms with E-state index in [9.17, 15) is 4.79 Å². The average molecular weight is 380 g/mol. The lowest BCUT2D eigenvalue weighted by atomic mass is 10.3. The molecular weight excluding hydrogens is 361 g/mol. The topological polar surface area (TPSA) is 61.4 Å². The molecule has 8 heteroatoms. The summed E-state index contributed by atoms with van der Waals surface area (Å²) < 4.78 is 0. The van der Waals surface area contributed by atoms with Gasteiger partial charge in [0.25, 0.3) is 0 Å². The number of carbonyl (C=O) groups is 1. The summed E-state index contributed by atoms with van der Waals surface area (Å²) in [6.45, 7) is 3.77. The Kier molecular flexibility index (Phi) is 4.67. The van der Waals surface area contributed by atoms with Crippen LogP contribution in [-0.4, -0.2) is 59.5 Å². The molecule has 2 fully saturated rings. The molecule has 25 heavy (non-hydrogen) atoms. The Hall–Kier alpha value is -1.63. The molecule has 1 saturated heterocycles. The van der Waals surface area contributed by atoms with Crippen LogP contribution in [0.4, 0.5) is 5.82 Å². The number of hydrogen-bond donors (Lipinski definition) is 1. The van der Waals surface area contributed by atoms with Gasteiger partial charge < -0.3 is 10.2 Å². The molecule has 0 radical (unpaired) electrons. The van der Waals surface area contributed by atoms with E-state index in [2.05, 4.69) is 25.1 Å². The normalized spacial score (nSPS) is 18.6. The molecule has 1 aliphatic heterocycles. The monoisotopic (exact) mass is 379 g/mol. The zero-order valence-electron chi connectivity index (χ0n) is 13.7. The van der Waals surface area contributed by atoms with E-state index >= 15 is 0 Å². The molecule has 2 heterocycles. The van der Waals surface area contributed by atoms with E-state index in [4.69, 9.17) is 23.2 Å². The minimum Gasteiger partial charge on any atom is -0.353 e. The molecule has 2 aliphatic rings. The molecule has 1 N–H and O–H groups in total. The number of piperazine rings is 1. The molecular formula is C17H19Cl2N5O. The first-order valence-electron chi connectivity index (χ1n) is 8.47. The molecule has 1 aliphatic carbocycles. The van der Waals surface area contributed by atoms with Gasteiger partial charge in [0, 0.05) is 32.2 Å². The molecule has 0 bridgehead atoms. The van der Waals surface area contributed by atoms with E-state index < -0.39 is 0 Å². The number of fused-ring (bicyclic) bond motifs is 1. The summed E-state index contributed by atoms with van der Waals surface area (Å²) in [7, 11) is 0. The van der Waals surface area contributed by atoms with Crippen molar-refractivity contribution in [3.8, 4) is 0 Å². The molecule has 0 atom stereocenters. The molecule has 2 aromatic rings. The summed E-state index contributed by atoms with van der Waals surface area (Å²) in [4.78, 5) is 25.4. The van der Waals surface area contributed by atoms with Gasteiger partial charge in [-0.1, -0.05) is 23.2 Å². The van der Waals surface area contributed by atoms with Crippen molar-refractivity contribution < 1.29 is 4.79 Å². The maximum Gasteiger partial charge on any atom is 0.234 e. The van der Waals surface area contributed by atoms with Gasteiger partial charge in [0.05, 0.1) is 33.8 Å². The van der Waals surface area contributed by atoms with Crippen molar-refractivity contribution in [3.63, 3.8) is 0 Å². The first-order valence-corrected chi connectivity index (χ1v) is 9.22. The molecule has 1 amide bonds. The van der Waals surface area contributed by atoms with Crippen LogP contribution < -0.4 is 10.2 Å². The predicted octanol–water partition coefficient (Wildman–Crippen LogP) is 2.34. The highest BCUT2D eigenvalue weighted by Crippen LogP contribution is 2.27. The molecule has 4 rings (SSSR count). The van der Waals surface area contributed by atoms with Gasteiger partial charge in [-0.3, -0.25) is 14.7 Å². The van der Waals surface area contributed by atoms with Crippen molar-refractivity contribution in [1.82, 2.24) is 20.2 Å². The quantitative estimate of drug-likeness (QED) is 0.883. The third-order valence-electron chi connectivity index (χ3n) is 4.58. The number of anilines is 1. The van der Waals surface area contributed by atoms with Crippen LogP contribution in [0.5, 0.6) is 0 Å². The van der Waals surface area contributed by atoms with Crippen molar-refractivity contribution in [2.24, 2.45) is 0 Å². The number of carbonyl (C=O) groups excluding carboxylic acids is 1. The maximum absolute atomic E-state index is 11.9. The van der Waals surface area contributed by atoms with Gasteiger partial charge >= 0.3 is 0 Å². The van der Waals surface area contributed by atoms with Crippen LogP contribution in [-0.2, 0) is 4.79 Å². The zero-order valence-corrected chi connectivity index (χ0v) is 15.2. The highest BCUT2D eigenvalue weighted by Gasteiger charge is 2.25. The Bertz CT molecular complexity index is 803. The molecule has 1 aromatic heterocycles. The summed E-state index contributed by atoms with van der Waals surface area (Å²) in [6, 6.07) is 3.89. The summed E-state index contributed by atoms with van der Waals surface area (Å²) in [6.07, 6.45) is 4.01. The fraction of sp³-hybridized carbons (Fsp3) is 0.471. The maximum atomic E-state index is 11.9. The van der Waals surface area contributed by atoms with Crippen molar-refractivity contribution in [2.75, 3.05) is 37.6 Å². The second-order valence-electron chi connectivity index (χ2n) is 6.59. The van der Waals surface area contributed by atoms with Gasteiger partial charge in [-0.2, -0.15) is 0 Å². The number of halogens is 2. The fourth-order valence-electron chi connectivity index (χ4n) is 2.99. The number of aromatic nitrogens is 2. The highest BCUT2D eigenvalue weighted by atomic mass is 35.5. The molecule has 1 aromatic carbocycles. The second-order valence-corrected chi connectivity index (χ2v) is 7.40. The van der Waals surface area contributed by atoms with Crippen LogP contribution in [0, 0.1) is 0 Å². The lowest BCUT2D eigenvalue weighted by molar-refractivity contribution is -0.122. The smallest absolute Gasteiger partial charge is 0.234 e. The van der Waals surface area contributed by atoms with Crippen molar-refractivity contribution in [3.05, 3.63) is 28.4 Å². The van der Waals surface area contributed by atoms with Crippen LogP contribution in [0.1, 0.15) is 12.8 Å². The van der Waals surface area contributed by atoms with Crippen LogP contribution >= 0.6 is 23.2 Å². The first-order chi connectivity index (χ1) is 12.1. The minimum absolute atomic E-state index is 0.132. The number of benzene rings is 1. The van der Waals surface area contributed by atoms with Gasteiger partial charge in [-0.05, 0) is 25.0 Å². The predicted molar refractivity (Wildman–Crippen MR) is 99.4 cm³/mol. The van der Waals surface area contributed by atoms with Gasteiger partial charge in [-0.25, -0.2) is 4.98 Å². The highest BCUT2D eigenvalue weighted by molar-refractivity contribution is 6.42. The lowest BCUT2D eigenvalue weighted by Crippen LogP contribution is -2.50. The number of amides is 1. The van der Waals surface area contributed by atoms with Crippen molar-refractivity contribution >= 4 is 46.0 Å². The molecule has 0 spiro atoms. The third kappa shape index (κ3) is 3.97. The van der Waals surface area contributed by atoms with E-state index in [-0.39, 0.29) is 5.91 Å². The summed E-state index contributed by atoms with van der Waals surface area (Å²) in [5, 5.41) is 3.99. The summed E-state index contributed by atoms with van der Waals surface area (Å²) >= 11 is 12.1. The zero-order chi connectivity index (χ0) is 17.4. The number of rotatable bonds is 4. The Morgan fingerprint density at radius 1 is 1.12 bits per heavy atom. The van der Waals surface area contributed by atoms with E-state index in [0.717, 1.165) is 55.9 Å².